The van der Waals surface area contributed by atoms with Crippen LogP contribution in [0.15, 0.2) is 29.3 Å². The lowest BCUT2D eigenvalue weighted by atomic mass is 10.2. The molecule has 0 bridgehead atoms. The second-order valence-electron chi connectivity index (χ2n) is 2.70. The van der Waals surface area contributed by atoms with Crippen LogP contribution in [-0.2, 0) is 0 Å². The van der Waals surface area contributed by atoms with Crippen LogP contribution < -0.4 is 5.73 Å². The minimum absolute atomic E-state index is 0.299. The van der Waals surface area contributed by atoms with Gasteiger partial charge in [0.2, 0.25) is 0 Å². The highest BCUT2D eigenvalue weighted by molar-refractivity contribution is 7.80. The predicted octanol–water partition coefficient (Wildman–Crippen LogP) is 2.69. The zero-order valence-corrected chi connectivity index (χ0v) is 10.6. The van der Waals surface area contributed by atoms with E-state index in [9.17, 15) is 0 Å². The van der Waals surface area contributed by atoms with Crippen LogP contribution in [0.2, 0.25) is 0 Å². The van der Waals surface area contributed by atoms with Gasteiger partial charge in [0, 0.05) is 5.56 Å². The van der Waals surface area contributed by atoms with Crippen molar-refractivity contribution in [2.75, 3.05) is 0 Å². The first-order chi connectivity index (χ1) is 7.72. The van der Waals surface area contributed by atoms with Gasteiger partial charge < -0.3 is 5.73 Å². The Labute approximate surface area is 103 Å². The van der Waals surface area contributed by atoms with E-state index >= 15 is 0 Å². The molecule has 0 amide bonds. The first-order valence-corrected chi connectivity index (χ1v) is 5.50. The molecule has 0 saturated heterocycles. The molecule has 0 aliphatic carbocycles. The molecule has 0 unspecified atom stereocenters. The summed E-state index contributed by atoms with van der Waals surface area (Å²) in [6, 6.07) is 7.88. The van der Waals surface area contributed by atoms with Gasteiger partial charge in [-0.2, -0.15) is 0 Å². The van der Waals surface area contributed by atoms with E-state index in [0.717, 1.165) is 11.9 Å². The van der Waals surface area contributed by atoms with E-state index in [1.165, 1.54) is 5.56 Å². The zero-order valence-electron chi connectivity index (χ0n) is 9.82. The normalized spacial score (nSPS) is 8.69. The fourth-order valence-corrected chi connectivity index (χ4v) is 0.974. The van der Waals surface area contributed by atoms with E-state index in [0.29, 0.717) is 4.99 Å². The van der Waals surface area contributed by atoms with Gasteiger partial charge in [-0.1, -0.05) is 37.5 Å². The molecule has 0 aliphatic rings. The second kappa shape index (κ2) is 8.63. The van der Waals surface area contributed by atoms with Crippen LogP contribution in [0.25, 0.3) is 0 Å². The maximum atomic E-state index is 5.07. The Morgan fingerprint density at radius 1 is 1.31 bits per heavy atom. The molecule has 2 N–H and O–H groups in total. The van der Waals surface area contributed by atoms with Crippen molar-refractivity contribution >= 4 is 23.5 Å². The molecule has 2 nitrogen and oxygen atoms in total. The van der Waals surface area contributed by atoms with Crippen LogP contribution >= 0.6 is 12.2 Å². The molecule has 1 rings (SSSR count). The van der Waals surface area contributed by atoms with Gasteiger partial charge in [0.25, 0.3) is 0 Å². The molecule has 1 aromatic carbocycles. The SMILES string of the molecule is CC.Cc1ccc(C#CC(=S)N=CN)cc1. The van der Waals surface area contributed by atoms with Gasteiger partial charge in [0.15, 0.2) is 4.99 Å². The summed E-state index contributed by atoms with van der Waals surface area (Å²) in [7, 11) is 0. The minimum atomic E-state index is 0.299. The lowest BCUT2D eigenvalue weighted by molar-refractivity contribution is 1.46. The summed E-state index contributed by atoms with van der Waals surface area (Å²) in [4.78, 5) is 3.97. The summed E-state index contributed by atoms with van der Waals surface area (Å²) in [5.41, 5.74) is 7.20. The number of thiocarbonyl (C=S) groups is 1. The Morgan fingerprint density at radius 2 is 1.88 bits per heavy atom. The first-order valence-electron chi connectivity index (χ1n) is 5.09. The number of nitrogens with two attached hydrogens (primary N) is 1. The third kappa shape index (κ3) is 5.94. The third-order valence-electron chi connectivity index (χ3n) is 1.56. The van der Waals surface area contributed by atoms with E-state index in [4.69, 9.17) is 18.0 Å². The summed E-state index contributed by atoms with van der Waals surface area (Å²) in [6.07, 6.45) is 1.14. The van der Waals surface area contributed by atoms with Gasteiger partial charge in [-0.15, -0.1) is 0 Å². The Balaban J connectivity index is 0.00000106. The standard InChI is InChI=1S/C11H10N2S.C2H6/c1-9-2-4-10(5-3-9)6-7-11(14)13-8-12;1-2/h2-5,8H,1H3,(H2,12,13,14);1-2H3. The minimum Gasteiger partial charge on any atom is -0.390 e. The van der Waals surface area contributed by atoms with Crippen LogP contribution in [0.3, 0.4) is 0 Å². The lowest BCUT2D eigenvalue weighted by Crippen LogP contribution is -1.93. The van der Waals surface area contributed by atoms with Crippen LogP contribution in [0, 0.1) is 18.8 Å². The smallest absolute Gasteiger partial charge is 0.178 e. The Hall–Kier alpha value is -1.66. The third-order valence-corrected chi connectivity index (χ3v) is 1.76. The summed E-state index contributed by atoms with van der Waals surface area (Å²) in [5, 5.41) is 0. The van der Waals surface area contributed by atoms with Crippen molar-refractivity contribution < 1.29 is 0 Å². The summed E-state index contributed by atoms with van der Waals surface area (Å²) >= 11 is 4.83. The molecular formula is C13H16N2S. The van der Waals surface area contributed by atoms with Gasteiger partial charge in [0.1, 0.15) is 0 Å². The number of aryl methyl sites for hydroxylation is 1. The highest BCUT2D eigenvalue weighted by atomic mass is 32.1. The highest BCUT2D eigenvalue weighted by Crippen LogP contribution is 2.00. The number of benzene rings is 1. The average Bonchev–Trinajstić information content (AvgIpc) is 2.31. The first kappa shape index (κ1) is 14.3. The van der Waals surface area contributed by atoms with Crippen LogP contribution in [0.4, 0.5) is 0 Å². The zero-order chi connectivity index (χ0) is 12.4. The van der Waals surface area contributed by atoms with Crippen LogP contribution in [0.5, 0.6) is 0 Å². The molecule has 84 valence electrons. The predicted molar refractivity (Wildman–Crippen MR) is 74.7 cm³/mol. The number of hydrogen-bond donors (Lipinski definition) is 1. The van der Waals surface area contributed by atoms with Crippen molar-refractivity contribution in [3.63, 3.8) is 0 Å². The fraction of sp³-hybridized carbons (Fsp3) is 0.231. The Bertz CT molecular complexity index is 408. The quantitative estimate of drug-likeness (QED) is 0.323. The van der Waals surface area contributed by atoms with Gasteiger partial charge in [-0.3, -0.25) is 0 Å². The van der Waals surface area contributed by atoms with Crippen molar-refractivity contribution in [3.8, 4) is 11.8 Å². The number of aliphatic imine (C=N–C) groups is 1. The molecular weight excluding hydrogens is 216 g/mol. The van der Waals surface area contributed by atoms with E-state index < -0.39 is 0 Å². The maximum absolute atomic E-state index is 5.07. The van der Waals surface area contributed by atoms with Gasteiger partial charge in [-0.05, 0) is 37.2 Å². The highest BCUT2D eigenvalue weighted by Gasteiger charge is 1.86. The molecule has 16 heavy (non-hydrogen) atoms. The van der Waals surface area contributed by atoms with Crippen molar-refractivity contribution in [1.29, 1.82) is 0 Å². The number of hydrogen-bond acceptors (Lipinski definition) is 1. The molecule has 0 aromatic heterocycles. The van der Waals surface area contributed by atoms with E-state index in [1.54, 1.807) is 0 Å². The molecule has 0 spiro atoms. The van der Waals surface area contributed by atoms with Crippen LogP contribution in [-0.4, -0.2) is 11.3 Å². The van der Waals surface area contributed by atoms with Crippen molar-refractivity contribution in [2.45, 2.75) is 20.8 Å². The van der Waals surface area contributed by atoms with Gasteiger partial charge in [0.05, 0.1) is 6.34 Å². The van der Waals surface area contributed by atoms with Gasteiger partial charge >= 0.3 is 0 Å². The van der Waals surface area contributed by atoms with E-state index in [1.807, 2.05) is 45.0 Å². The Morgan fingerprint density at radius 3 is 2.38 bits per heavy atom. The molecule has 0 aliphatic heterocycles. The van der Waals surface area contributed by atoms with Crippen molar-refractivity contribution in [3.05, 3.63) is 35.4 Å². The van der Waals surface area contributed by atoms with Gasteiger partial charge in [-0.25, -0.2) is 4.99 Å². The van der Waals surface area contributed by atoms with Crippen molar-refractivity contribution in [1.82, 2.24) is 0 Å². The summed E-state index contributed by atoms with van der Waals surface area (Å²) in [5.74, 6) is 5.62. The average molecular weight is 232 g/mol. The topological polar surface area (TPSA) is 38.4 Å². The molecule has 0 radical (unpaired) electrons. The summed E-state index contributed by atoms with van der Waals surface area (Å²) < 4.78 is 0. The largest absolute Gasteiger partial charge is 0.390 e. The number of rotatable bonds is 0. The van der Waals surface area contributed by atoms with E-state index in [2.05, 4.69) is 16.8 Å². The van der Waals surface area contributed by atoms with Crippen molar-refractivity contribution in [2.24, 2.45) is 10.7 Å². The Kier molecular flexibility index (Phi) is 7.74. The molecule has 1 aromatic rings. The number of nitrogens with zero attached hydrogens (tertiary/aromatic N) is 1. The second-order valence-corrected chi connectivity index (χ2v) is 3.09. The maximum Gasteiger partial charge on any atom is 0.178 e. The molecule has 0 saturated carbocycles. The molecule has 0 heterocycles. The molecule has 3 heteroatoms. The molecule has 0 atom stereocenters. The summed E-state index contributed by atoms with van der Waals surface area (Å²) in [6.45, 7) is 6.03. The fourth-order valence-electron chi connectivity index (χ4n) is 0.863. The monoisotopic (exact) mass is 232 g/mol. The van der Waals surface area contributed by atoms with E-state index in [-0.39, 0.29) is 0 Å². The van der Waals surface area contributed by atoms with Crippen LogP contribution in [0.1, 0.15) is 25.0 Å². The lowest BCUT2D eigenvalue weighted by Gasteiger charge is -1.90. The molecule has 0 fully saturated rings.